The second-order valence-electron chi connectivity index (χ2n) is 16.8. The average molecular weight is 817 g/mol. The monoisotopic (exact) mass is 816 g/mol. The zero-order chi connectivity index (χ0) is 42.4. The van der Waals surface area contributed by atoms with E-state index in [4.69, 9.17) is 0 Å². The van der Waals surface area contributed by atoms with Gasteiger partial charge in [-0.1, -0.05) is 206 Å². The van der Waals surface area contributed by atoms with Crippen LogP contribution in [0.1, 0.15) is 11.5 Å². The van der Waals surface area contributed by atoms with Gasteiger partial charge < -0.3 is 9.80 Å². The third-order valence-corrected chi connectivity index (χ3v) is 13.2. The molecule has 0 aromatic heterocycles. The molecule has 2 unspecified atom stereocenters. The zero-order valence-electron chi connectivity index (χ0n) is 35.3. The van der Waals surface area contributed by atoms with Crippen LogP contribution in [0.15, 0.2) is 255 Å². The van der Waals surface area contributed by atoms with E-state index in [0.29, 0.717) is 5.92 Å². The van der Waals surface area contributed by atoms with Gasteiger partial charge in [0, 0.05) is 39.8 Å². The number of nitrogens with zero attached hydrogens (tertiary/aromatic N) is 2. The van der Waals surface area contributed by atoms with Gasteiger partial charge in [0.15, 0.2) is 0 Å². The molecule has 1 aliphatic carbocycles. The molecule has 0 saturated carbocycles. The predicted molar refractivity (Wildman–Crippen MR) is 271 cm³/mol. The fourth-order valence-corrected chi connectivity index (χ4v) is 10.2. The number of rotatable bonds is 8. The number of para-hydroxylation sites is 2. The van der Waals surface area contributed by atoms with Crippen LogP contribution in [0.25, 0.3) is 66.1 Å². The van der Waals surface area contributed by atoms with Crippen molar-refractivity contribution < 1.29 is 0 Å². The topological polar surface area (TPSA) is 6.48 Å². The van der Waals surface area contributed by atoms with Gasteiger partial charge in [-0.05, 0) is 109 Å². The highest BCUT2D eigenvalue weighted by molar-refractivity contribution is 6.14. The van der Waals surface area contributed by atoms with Crippen molar-refractivity contribution in [1.29, 1.82) is 0 Å². The maximum absolute atomic E-state index is 2.54. The molecule has 0 radical (unpaired) electrons. The quantitative estimate of drug-likeness (QED) is 0.141. The van der Waals surface area contributed by atoms with Crippen LogP contribution >= 0.6 is 0 Å². The Morgan fingerprint density at radius 1 is 0.344 bits per heavy atom. The van der Waals surface area contributed by atoms with Gasteiger partial charge in [-0.15, -0.1) is 0 Å². The summed E-state index contributed by atoms with van der Waals surface area (Å²) in [5, 5.41) is 5.02. The standard InChI is InChI=1S/C62H44N2/c1-3-18-43(19-4-1)46-36-39-53(44-20-5-2-6-21-44)62(42-46)63(50-24-17-23-47(40-50)58-41-48-22-7-8-25-51(48)54-27-9-10-28-55(54)58)49-37-34-45(35-38-49)52-26-11-14-31-59(52)64-60-32-15-12-29-56(60)57-30-13-16-33-61(57)64/h1-42,56,60H. The molecule has 0 spiro atoms. The lowest BCUT2D eigenvalue weighted by atomic mass is 9.91. The fraction of sp³-hybridized carbons (Fsp3) is 0.0323. The van der Waals surface area contributed by atoms with Crippen molar-refractivity contribution in [2.75, 3.05) is 9.80 Å². The van der Waals surface area contributed by atoms with Crippen molar-refractivity contribution in [3.8, 4) is 44.5 Å². The van der Waals surface area contributed by atoms with Crippen molar-refractivity contribution in [1.82, 2.24) is 0 Å². The maximum atomic E-state index is 2.54. The normalized spacial score (nSPS) is 15.0. The number of fused-ring (bicyclic) bond motifs is 6. The molecule has 2 atom stereocenters. The van der Waals surface area contributed by atoms with Crippen LogP contribution < -0.4 is 9.80 Å². The van der Waals surface area contributed by atoms with E-state index in [9.17, 15) is 0 Å². The molecule has 0 fully saturated rings. The van der Waals surface area contributed by atoms with Crippen LogP contribution in [0.4, 0.5) is 28.4 Å². The van der Waals surface area contributed by atoms with E-state index >= 15 is 0 Å². The van der Waals surface area contributed by atoms with Crippen molar-refractivity contribution in [3.05, 3.63) is 260 Å². The Kier molecular flexibility index (Phi) is 9.34. The van der Waals surface area contributed by atoms with E-state index in [-0.39, 0.29) is 6.04 Å². The van der Waals surface area contributed by atoms with E-state index < -0.39 is 0 Å². The Hall–Kier alpha value is -8.20. The van der Waals surface area contributed by atoms with Gasteiger partial charge in [-0.3, -0.25) is 0 Å². The lowest BCUT2D eigenvalue weighted by Gasteiger charge is -2.31. The highest BCUT2D eigenvalue weighted by atomic mass is 15.2. The van der Waals surface area contributed by atoms with Crippen LogP contribution in [-0.2, 0) is 0 Å². The highest BCUT2D eigenvalue weighted by Crippen LogP contribution is 2.50. The molecule has 0 N–H and O–H groups in total. The number of hydrogen-bond donors (Lipinski definition) is 0. The van der Waals surface area contributed by atoms with Gasteiger partial charge >= 0.3 is 0 Å². The summed E-state index contributed by atoms with van der Waals surface area (Å²) in [6.07, 6.45) is 9.09. The van der Waals surface area contributed by atoms with Crippen LogP contribution in [0.3, 0.4) is 0 Å². The number of anilines is 5. The van der Waals surface area contributed by atoms with Crippen molar-refractivity contribution in [3.63, 3.8) is 0 Å². The summed E-state index contributed by atoms with van der Waals surface area (Å²) < 4.78 is 0. The van der Waals surface area contributed by atoms with Crippen molar-refractivity contribution in [2.24, 2.45) is 0 Å². The Labute approximate surface area is 375 Å². The summed E-state index contributed by atoms with van der Waals surface area (Å²) in [5.41, 5.74) is 16.6. The first kappa shape index (κ1) is 37.6. The Balaban J connectivity index is 1.04. The molecule has 0 bridgehead atoms. The van der Waals surface area contributed by atoms with Crippen LogP contribution in [0.2, 0.25) is 0 Å². The third-order valence-electron chi connectivity index (χ3n) is 13.2. The Morgan fingerprint density at radius 3 is 1.80 bits per heavy atom. The third kappa shape index (κ3) is 6.51. The van der Waals surface area contributed by atoms with Gasteiger partial charge in [0.05, 0.1) is 11.7 Å². The van der Waals surface area contributed by atoms with Gasteiger partial charge in [-0.25, -0.2) is 0 Å². The molecule has 1 heterocycles. The predicted octanol–water partition coefficient (Wildman–Crippen LogP) is 16.9. The summed E-state index contributed by atoms with van der Waals surface area (Å²) in [7, 11) is 0. The van der Waals surface area contributed by atoms with Gasteiger partial charge in [-0.2, -0.15) is 0 Å². The molecule has 2 heteroatoms. The smallest absolute Gasteiger partial charge is 0.0629 e. The average Bonchev–Trinajstić information content (AvgIpc) is 3.71. The maximum Gasteiger partial charge on any atom is 0.0629 e. The molecule has 302 valence electrons. The SMILES string of the molecule is C1=CC2c3ccccc3N(c3ccccc3-c3ccc(N(c4cccc(-c5cc6ccccc6c6ccccc56)c4)c4cc(-c5ccccc5)ccc4-c4ccccc4)cc3)C2C=C1. The summed E-state index contributed by atoms with van der Waals surface area (Å²) in [5.74, 6) is 0.319. The Bertz CT molecular complexity index is 3400. The van der Waals surface area contributed by atoms with E-state index in [1.807, 2.05) is 0 Å². The minimum absolute atomic E-state index is 0.221. The number of hydrogen-bond acceptors (Lipinski definition) is 2. The first-order valence-electron chi connectivity index (χ1n) is 22.3. The second kappa shape index (κ2) is 15.9. The molecule has 0 saturated heterocycles. The molecule has 10 aromatic carbocycles. The van der Waals surface area contributed by atoms with E-state index in [1.165, 1.54) is 77.4 Å². The number of allylic oxidation sites excluding steroid dienone is 2. The molecule has 1 aliphatic heterocycles. The van der Waals surface area contributed by atoms with Crippen LogP contribution in [0, 0.1) is 0 Å². The van der Waals surface area contributed by atoms with Crippen LogP contribution in [0.5, 0.6) is 0 Å². The summed E-state index contributed by atoms with van der Waals surface area (Å²) in [6, 6.07) is 84.7. The number of benzene rings is 10. The highest BCUT2D eigenvalue weighted by Gasteiger charge is 2.38. The molecule has 12 rings (SSSR count). The lowest BCUT2D eigenvalue weighted by Crippen LogP contribution is -2.28. The van der Waals surface area contributed by atoms with E-state index in [0.717, 1.165) is 22.6 Å². The lowest BCUT2D eigenvalue weighted by molar-refractivity contribution is 0.745. The largest absolute Gasteiger partial charge is 0.333 e. The molecular formula is C62H44N2. The molecule has 10 aromatic rings. The summed E-state index contributed by atoms with van der Waals surface area (Å²) >= 11 is 0. The second-order valence-corrected chi connectivity index (χ2v) is 16.8. The minimum Gasteiger partial charge on any atom is -0.333 e. The van der Waals surface area contributed by atoms with Gasteiger partial charge in [0.25, 0.3) is 0 Å². The van der Waals surface area contributed by atoms with E-state index in [1.54, 1.807) is 0 Å². The summed E-state index contributed by atoms with van der Waals surface area (Å²) in [4.78, 5) is 5.00. The first-order valence-corrected chi connectivity index (χ1v) is 22.3. The summed E-state index contributed by atoms with van der Waals surface area (Å²) in [6.45, 7) is 0. The van der Waals surface area contributed by atoms with Crippen LogP contribution in [-0.4, -0.2) is 6.04 Å². The molecular weight excluding hydrogens is 773 g/mol. The first-order chi connectivity index (χ1) is 31.8. The molecule has 64 heavy (non-hydrogen) atoms. The van der Waals surface area contributed by atoms with Gasteiger partial charge in [0.1, 0.15) is 0 Å². The Morgan fingerprint density at radius 2 is 0.969 bits per heavy atom. The van der Waals surface area contributed by atoms with Gasteiger partial charge in [0.2, 0.25) is 0 Å². The van der Waals surface area contributed by atoms with E-state index in [2.05, 4.69) is 265 Å². The zero-order valence-corrected chi connectivity index (χ0v) is 35.3. The van der Waals surface area contributed by atoms with Crippen molar-refractivity contribution >= 4 is 50.0 Å². The molecule has 2 aliphatic rings. The molecule has 0 amide bonds. The fourth-order valence-electron chi connectivity index (χ4n) is 10.2. The van der Waals surface area contributed by atoms with Crippen molar-refractivity contribution in [2.45, 2.75) is 12.0 Å². The molecule has 2 nitrogen and oxygen atoms in total. The minimum atomic E-state index is 0.221.